The highest BCUT2D eigenvalue weighted by atomic mass is 35.5. The van der Waals surface area contributed by atoms with Crippen LogP contribution in [0.5, 0.6) is 0 Å². The molecule has 1 aliphatic carbocycles. The van der Waals surface area contributed by atoms with E-state index in [4.69, 9.17) is 27.6 Å². The van der Waals surface area contributed by atoms with Gasteiger partial charge in [0.1, 0.15) is 0 Å². The number of benzene rings is 2. The van der Waals surface area contributed by atoms with E-state index in [1.54, 1.807) is 54.5 Å². The molecule has 0 saturated heterocycles. The number of halogens is 2. The van der Waals surface area contributed by atoms with Gasteiger partial charge in [0.05, 0.1) is 35.1 Å². The molecule has 4 rings (SSSR count). The van der Waals surface area contributed by atoms with Gasteiger partial charge in [-0.1, -0.05) is 47.3 Å². The summed E-state index contributed by atoms with van der Waals surface area (Å²) < 4.78 is 9.12. The number of nitrogens with one attached hydrogen (secondary N) is 3. The number of carboxylic acids is 1. The van der Waals surface area contributed by atoms with Crippen molar-refractivity contribution in [3.63, 3.8) is 0 Å². The number of aromatic nitrogens is 1. The maximum absolute atomic E-state index is 13.1. The predicted octanol–water partition coefficient (Wildman–Crippen LogP) is 5.23. The normalized spacial score (nSPS) is 14.0. The first-order chi connectivity index (χ1) is 16.9. The standard InChI is InChI=1S/C24H24Cl2N4O4S/c25-14-5-8-18(26)17(11-14)21-12-28-22(34-21)13-27-20(9-10-29-35-15-6-7-15)23(31)30-19-4-2-1-3-16(19)24(32)33/h1-5,8,11-12,15,20,27,29H,6-7,9-10,13H2,(H,30,31)(H,32,33). The number of carboxylic acid groups (broad SMARTS) is 1. The van der Waals surface area contributed by atoms with Gasteiger partial charge in [-0.25, -0.2) is 9.78 Å². The molecule has 1 aromatic heterocycles. The molecule has 8 nitrogen and oxygen atoms in total. The van der Waals surface area contributed by atoms with Gasteiger partial charge in [0, 0.05) is 22.4 Å². The summed E-state index contributed by atoms with van der Waals surface area (Å²) in [5.41, 5.74) is 0.891. The van der Waals surface area contributed by atoms with Crippen molar-refractivity contribution in [3.8, 4) is 11.3 Å². The number of para-hydroxylation sites is 1. The van der Waals surface area contributed by atoms with Gasteiger partial charge in [-0.15, -0.1) is 0 Å². The number of hydrogen-bond donors (Lipinski definition) is 4. The third-order valence-electron chi connectivity index (χ3n) is 5.29. The fourth-order valence-corrected chi connectivity index (χ4v) is 4.53. The van der Waals surface area contributed by atoms with Gasteiger partial charge in [-0.2, -0.15) is 0 Å². The van der Waals surface area contributed by atoms with Crippen LogP contribution in [0, 0.1) is 0 Å². The van der Waals surface area contributed by atoms with Crippen LogP contribution in [0.15, 0.2) is 53.1 Å². The topological polar surface area (TPSA) is 116 Å². The smallest absolute Gasteiger partial charge is 0.337 e. The first kappa shape index (κ1) is 25.5. The van der Waals surface area contributed by atoms with E-state index in [0.717, 1.165) is 0 Å². The first-order valence-electron chi connectivity index (χ1n) is 11.1. The molecule has 11 heteroatoms. The maximum atomic E-state index is 13.1. The zero-order valence-electron chi connectivity index (χ0n) is 18.6. The van der Waals surface area contributed by atoms with Crippen molar-refractivity contribution >= 4 is 52.7 Å². The zero-order valence-corrected chi connectivity index (χ0v) is 20.9. The molecule has 1 amide bonds. The molecule has 1 heterocycles. The SMILES string of the molecule is O=C(O)c1ccccc1NC(=O)C(CCNSC1CC1)NCc1ncc(-c2cc(Cl)ccc2Cl)o1. The van der Waals surface area contributed by atoms with Crippen LogP contribution in [0.1, 0.15) is 35.5 Å². The summed E-state index contributed by atoms with van der Waals surface area (Å²) >= 11 is 14.0. The molecule has 1 unspecified atom stereocenters. The van der Waals surface area contributed by atoms with E-state index < -0.39 is 12.0 Å². The molecule has 3 aromatic rings. The number of aromatic carboxylic acids is 1. The van der Waals surface area contributed by atoms with Crippen LogP contribution in [0.3, 0.4) is 0 Å². The van der Waals surface area contributed by atoms with Crippen LogP contribution in [0.25, 0.3) is 11.3 Å². The molecule has 1 saturated carbocycles. The Hall–Kier alpha value is -2.56. The second kappa shape index (κ2) is 11.9. The average Bonchev–Trinajstić information content (AvgIpc) is 3.55. The number of carbonyl (C=O) groups is 2. The van der Waals surface area contributed by atoms with Crippen LogP contribution in [0.2, 0.25) is 10.0 Å². The van der Waals surface area contributed by atoms with E-state index in [1.807, 2.05) is 0 Å². The van der Waals surface area contributed by atoms with E-state index in [0.29, 0.717) is 45.5 Å². The Morgan fingerprint density at radius 1 is 1.20 bits per heavy atom. The second-order valence-electron chi connectivity index (χ2n) is 8.02. The number of rotatable bonds is 12. The van der Waals surface area contributed by atoms with Gasteiger partial charge in [-0.3, -0.25) is 14.8 Å². The van der Waals surface area contributed by atoms with Crippen LogP contribution in [-0.4, -0.2) is 39.8 Å². The summed E-state index contributed by atoms with van der Waals surface area (Å²) in [7, 11) is 0. The minimum absolute atomic E-state index is 0.0257. The molecule has 0 radical (unpaired) electrons. The molecule has 1 aliphatic rings. The number of carbonyl (C=O) groups excluding carboxylic acids is 1. The predicted molar refractivity (Wildman–Crippen MR) is 138 cm³/mol. The molecular weight excluding hydrogens is 511 g/mol. The van der Waals surface area contributed by atoms with Gasteiger partial charge in [-0.05, 0) is 49.6 Å². The van der Waals surface area contributed by atoms with Crippen molar-refractivity contribution in [1.29, 1.82) is 0 Å². The summed E-state index contributed by atoms with van der Waals surface area (Å²) in [4.78, 5) is 28.9. The van der Waals surface area contributed by atoms with E-state index in [1.165, 1.54) is 18.9 Å². The Morgan fingerprint density at radius 2 is 2.00 bits per heavy atom. The molecule has 0 spiro atoms. The number of nitrogens with zero attached hydrogens (tertiary/aromatic N) is 1. The highest BCUT2D eigenvalue weighted by molar-refractivity contribution is 7.98. The maximum Gasteiger partial charge on any atom is 0.337 e. The third-order valence-corrected chi connectivity index (χ3v) is 7.03. The lowest BCUT2D eigenvalue weighted by Gasteiger charge is -2.18. The molecule has 0 bridgehead atoms. The summed E-state index contributed by atoms with van der Waals surface area (Å²) in [6.45, 7) is 0.786. The number of oxazole rings is 1. The molecule has 2 aromatic carbocycles. The Labute approximate surface area is 216 Å². The average molecular weight is 535 g/mol. The lowest BCUT2D eigenvalue weighted by atomic mass is 10.1. The first-order valence-corrected chi connectivity index (χ1v) is 12.7. The van der Waals surface area contributed by atoms with E-state index >= 15 is 0 Å². The van der Waals surface area contributed by atoms with Crippen molar-refractivity contribution in [2.45, 2.75) is 37.1 Å². The van der Waals surface area contributed by atoms with Crippen molar-refractivity contribution in [3.05, 3.63) is 70.2 Å². The van der Waals surface area contributed by atoms with Crippen LogP contribution in [0.4, 0.5) is 5.69 Å². The fourth-order valence-electron chi connectivity index (χ4n) is 3.30. The molecule has 35 heavy (non-hydrogen) atoms. The lowest BCUT2D eigenvalue weighted by molar-refractivity contribution is -0.118. The van der Waals surface area contributed by atoms with Gasteiger partial charge < -0.3 is 14.8 Å². The van der Waals surface area contributed by atoms with Crippen LogP contribution >= 0.6 is 35.1 Å². The Bertz CT molecular complexity index is 1200. The third kappa shape index (κ3) is 7.22. The summed E-state index contributed by atoms with van der Waals surface area (Å²) in [5, 5.41) is 17.0. The van der Waals surface area contributed by atoms with E-state index in [9.17, 15) is 14.7 Å². The molecule has 184 valence electrons. The zero-order chi connectivity index (χ0) is 24.8. The van der Waals surface area contributed by atoms with E-state index in [-0.39, 0.29) is 23.7 Å². The van der Waals surface area contributed by atoms with E-state index in [2.05, 4.69) is 20.3 Å². The van der Waals surface area contributed by atoms with Crippen molar-refractivity contribution in [1.82, 2.24) is 15.0 Å². The molecule has 1 atom stereocenters. The van der Waals surface area contributed by atoms with Gasteiger partial charge >= 0.3 is 5.97 Å². The minimum Gasteiger partial charge on any atom is -0.478 e. The van der Waals surface area contributed by atoms with Gasteiger partial charge in [0.2, 0.25) is 11.8 Å². The summed E-state index contributed by atoms with van der Waals surface area (Å²) in [6.07, 6.45) is 4.44. The lowest BCUT2D eigenvalue weighted by Crippen LogP contribution is -2.42. The van der Waals surface area contributed by atoms with Gasteiger partial charge in [0.25, 0.3) is 0 Å². The van der Waals surface area contributed by atoms with Crippen molar-refractivity contribution in [2.24, 2.45) is 0 Å². The van der Waals surface area contributed by atoms with Crippen molar-refractivity contribution in [2.75, 3.05) is 11.9 Å². The Morgan fingerprint density at radius 3 is 2.77 bits per heavy atom. The quantitative estimate of drug-likeness (QED) is 0.184. The Kier molecular flexibility index (Phi) is 8.69. The number of anilines is 1. The number of amides is 1. The second-order valence-corrected chi connectivity index (χ2v) is 10.1. The number of hydrogen-bond acceptors (Lipinski definition) is 7. The van der Waals surface area contributed by atoms with Crippen LogP contribution < -0.4 is 15.4 Å². The molecular formula is C24H24Cl2N4O4S. The van der Waals surface area contributed by atoms with Crippen molar-refractivity contribution < 1.29 is 19.1 Å². The summed E-state index contributed by atoms with van der Waals surface area (Å²) in [5.74, 6) is -0.616. The van der Waals surface area contributed by atoms with Gasteiger partial charge in [0.15, 0.2) is 5.76 Å². The highest BCUT2D eigenvalue weighted by Gasteiger charge is 2.24. The fraction of sp³-hybridized carbons (Fsp3) is 0.292. The monoisotopic (exact) mass is 534 g/mol. The molecule has 1 fully saturated rings. The minimum atomic E-state index is -1.11. The summed E-state index contributed by atoms with van der Waals surface area (Å²) in [6, 6.07) is 10.7. The Balaban J connectivity index is 1.42. The largest absolute Gasteiger partial charge is 0.478 e. The molecule has 4 N–H and O–H groups in total. The molecule has 0 aliphatic heterocycles. The highest BCUT2D eigenvalue weighted by Crippen LogP contribution is 2.32. The van der Waals surface area contributed by atoms with Crippen LogP contribution in [-0.2, 0) is 11.3 Å².